The Morgan fingerprint density at radius 3 is 2.71 bits per heavy atom. The van der Waals surface area contributed by atoms with Gasteiger partial charge in [0.15, 0.2) is 5.65 Å². The molecule has 0 amide bonds. The number of aliphatic hydroxyl groups is 1. The first-order valence-electron chi connectivity index (χ1n) is 11.1. The zero-order valence-electron chi connectivity index (χ0n) is 19.5. The number of fused-ring (bicyclic) bond motifs is 1. The largest absolute Gasteiger partial charge is 0.480 e. The van der Waals surface area contributed by atoms with Gasteiger partial charge < -0.3 is 14.6 Å². The van der Waals surface area contributed by atoms with Crippen LogP contribution < -0.4 is 5.32 Å². The third-order valence-corrected chi connectivity index (χ3v) is 6.19. The van der Waals surface area contributed by atoms with Gasteiger partial charge in [0.05, 0.1) is 18.5 Å². The maximum atomic E-state index is 11.4. The van der Waals surface area contributed by atoms with Crippen LogP contribution in [0.15, 0.2) is 61.2 Å². The van der Waals surface area contributed by atoms with Crippen LogP contribution in [-0.2, 0) is 11.3 Å². The number of nitrogens with one attached hydrogen (secondary N) is 1. The van der Waals surface area contributed by atoms with E-state index in [-0.39, 0.29) is 0 Å². The smallest absolute Gasteiger partial charge is 0.326 e. The van der Waals surface area contributed by atoms with Gasteiger partial charge in [0, 0.05) is 30.7 Å². The fraction of sp³-hybridized carbons (Fsp3) is 0.222. The van der Waals surface area contributed by atoms with Crippen molar-refractivity contribution in [2.24, 2.45) is 0 Å². The van der Waals surface area contributed by atoms with Crippen LogP contribution in [0.4, 0.5) is 0 Å². The van der Waals surface area contributed by atoms with Crippen molar-refractivity contribution in [2.45, 2.75) is 32.9 Å². The molecule has 0 aliphatic carbocycles. The molecule has 174 valence electrons. The first kappa shape index (κ1) is 23.4. The standard InChI is InChI=1S/C27H28N4O3/c1-18-7-8-20(14-30-27(3,17-32)26(33)34)13-22(18)10-9-21-5-4-6-23(19(21)2)24-16-31-12-11-28-25(31)15-29-24/h4-13,15-16,30,32H,14,17H2,1-3H3,(H,33,34)/b10-9+/t27-/m0/s1. The Labute approximate surface area is 198 Å². The number of aromatic nitrogens is 3. The van der Waals surface area contributed by atoms with Crippen LogP contribution in [0, 0.1) is 13.8 Å². The molecule has 2 heterocycles. The van der Waals surface area contributed by atoms with Gasteiger partial charge in [0.1, 0.15) is 5.54 Å². The molecule has 0 saturated carbocycles. The Morgan fingerprint density at radius 1 is 1.15 bits per heavy atom. The Hall–Kier alpha value is -3.81. The van der Waals surface area contributed by atoms with E-state index in [0.717, 1.165) is 44.7 Å². The second-order valence-corrected chi connectivity index (χ2v) is 8.66. The number of aryl methyl sites for hydroxylation is 1. The summed E-state index contributed by atoms with van der Waals surface area (Å²) in [6.07, 6.45) is 11.6. The van der Waals surface area contributed by atoms with Gasteiger partial charge >= 0.3 is 5.97 Å². The monoisotopic (exact) mass is 456 g/mol. The van der Waals surface area contributed by atoms with E-state index in [1.165, 1.54) is 6.92 Å². The molecule has 3 N–H and O–H groups in total. The van der Waals surface area contributed by atoms with E-state index in [1.807, 2.05) is 48.0 Å². The first-order chi connectivity index (χ1) is 16.3. The lowest BCUT2D eigenvalue weighted by Crippen LogP contribution is -2.52. The van der Waals surface area contributed by atoms with Crippen molar-refractivity contribution in [1.29, 1.82) is 0 Å². The van der Waals surface area contributed by atoms with E-state index in [9.17, 15) is 15.0 Å². The number of hydrogen-bond acceptors (Lipinski definition) is 5. The predicted octanol–water partition coefficient (Wildman–Crippen LogP) is 4.11. The number of carboxylic acid groups (broad SMARTS) is 1. The van der Waals surface area contributed by atoms with Crippen LogP contribution >= 0.6 is 0 Å². The molecule has 0 bridgehead atoms. The van der Waals surface area contributed by atoms with Gasteiger partial charge in [0.25, 0.3) is 0 Å². The number of carboxylic acids is 1. The molecule has 0 radical (unpaired) electrons. The van der Waals surface area contributed by atoms with E-state index in [2.05, 4.69) is 46.5 Å². The van der Waals surface area contributed by atoms with Gasteiger partial charge in [-0.2, -0.15) is 0 Å². The molecule has 0 unspecified atom stereocenters. The van der Waals surface area contributed by atoms with Crippen LogP contribution in [0.1, 0.15) is 34.7 Å². The van der Waals surface area contributed by atoms with Gasteiger partial charge in [-0.1, -0.05) is 48.6 Å². The summed E-state index contributed by atoms with van der Waals surface area (Å²) in [6.45, 7) is 5.45. The van der Waals surface area contributed by atoms with Gasteiger partial charge in [-0.3, -0.25) is 15.1 Å². The van der Waals surface area contributed by atoms with E-state index < -0.39 is 18.1 Å². The van der Waals surface area contributed by atoms with Gasteiger partial charge in [-0.25, -0.2) is 4.98 Å². The van der Waals surface area contributed by atoms with Gasteiger partial charge in [-0.05, 0) is 48.6 Å². The summed E-state index contributed by atoms with van der Waals surface area (Å²) in [4.78, 5) is 20.3. The molecule has 2 aromatic heterocycles. The van der Waals surface area contributed by atoms with Gasteiger partial charge in [0.2, 0.25) is 0 Å². The van der Waals surface area contributed by atoms with E-state index in [0.29, 0.717) is 6.54 Å². The van der Waals surface area contributed by atoms with E-state index >= 15 is 0 Å². The molecule has 1 atom stereocenters. The van der Waals surface area contributed by atoms with Crippen molar-refractivity contribution < 1.29 is 15.0 Å². The number of aliphatic carboxylic acids is 1. The molecule has 2 aromatic carbocycles. The lowest BCUT2D eigenvalue weighted by Gasteiger charge is -2.24. The van der Waals surface area contributed by atoms with Crippen LogP contribution in [0.3, 0.4) is 0 Å². The summed E-state index contributed by atoms with van der Waals surface area (Å²) < 4.78 is 1.96. The second-order valence-electron chi connectivity index (χ2n) is 8.66. The van der Waals surface area contributed by atoms with E-state index in [4.69, 9.17) is 0 Å². The Morgan fingerprint density at radius 2 is 1.94 bits per heavy atom. The zero-order valence-corrected chi connectivity index (χ0v) is 19.5. The summed E-state index contributed by atoms with van der Waals surface area (Å²) in [5.74, 6) is -1.08. The maximum Gasteiger partial charge on any atom is 0.326 e. The van der Waals surface area contributed by atoms with Crippen LogP contribution in [-0.4, -0.2) is 42.7 Å². The first-order valence-corrected chi connectivity index (χ1v) is 11.1. The Kier molecular flexibility index (Phi) is 6.58. The maximum absolute atomic E-state index is 11.4. The third kappa shape index (κ3) is 4.76. The number of hydrogen-bond donors (Lipinski definition) is 3. The minimum atomic E-state index is -1.38. The van der Waals surface area contributed by atoms with Crippen LogP contribution in [0.25, 0.3) is 29.1 Å². The molecular weight excluding hydrogens is 428 g/mol. The molecule has 0 spiro atoms. The average molecular weight is 457 g/mol. The SMILES string of the molecule is Cc1ccc(CN[C@@](C)(CO)C(=O)O)cc1/C=C/c1cccc(-c2cn3ccnc3cn2)c1C. The predicted molar refractivity (Wildman–Crippen MR) is 133 cm³/mol. The number of aliphatic hydroxyl groups excluding tert-OH is 1. The summed E-state index contributed by atoms with van der Waals surface area (Å²) in [5, 5.41) is 21.7. The highest BCUT2D eigenvalue weighted by molar-refractivity contribution is 5.79. The lowest BCUT2D eigenvalue weighted by atomic mass is 9.98. The fourth-order valence-electron chi connectivity index (χ4n) is 3.73. The summed E-state index contributed by atoms with van der Waals surface area (Å²) in [5.41, 5.74) is 6.68. The number of rotatable bonds is 8. The van der Waals surface area contributed by atoms with Crippen molar-refractivity contribution >= 4 is 23.8 Å². The van der Waals surface area contributed by atoms with Crippen molar-refractivity contribution in [3.05, 3.63) is 89.0 Å². The van der Waals surface area contributed by atoms with Crippen molar-refractivity contribution in [2.75, 3.05) is 6.61 Å². The number of nitrogens with zero attached hydrogens (tertiary/aromatic N) is 3. The quantitative estimate of drug-likeness (QED) is 0.345. The summed E-state index contributed by atoms with van der Waals surface area (Å²) in [7, 11) is 0. The van der Waals surface area contributed by atoms with Crippen molar-refractivity contribution in [3.63, 3.8) is 0 Å². The highest BCUT2D eigenvalue weighted by atomic mass is 16.4. The molecule has 34 heavy (non-hydrogen) atoms. The van der Waals surface area contributed by atoms with Gasteiger partial charge in [-0.15, -0.1) is 0 Å². The molecule has 4 aromatic rings. The minimum Gasteiger partial charge on any atom is -0.480 e. The molecule has 0 aliphatic rings. The van der Waals surface area contributed by atoms with Crippen LogP contribution in [0.2, 0.25) is 0 Å². The zero-order chi connectivity index (χ0) is 24.3. The molecule has 7 nitrogen and oxygen atoms in total. The molecule has 0 fully saturated rings. The van der Waals surface area contributed by atoms with Crippen molar-refractivity contribution in [3.8, 4) is 11.3 Å². The van der Waals surface area contributed by atoms with Crippen LogP contribution in [0.5, 0.6) is 0 Å². The Bertz CT molecular complexity index is 1380. The summed E-state index contributed by atoms with van der Waals surface area (Å²) >= 11 is 0. The molecular formula is C27H28N4O3. The highest BCUT2D eigenvalue weighted by Gasteiger charge is 2.31. The normalized spacial score (nSPS) is 13.4. The summed E-state index contributed by atoms with van der Waals surface area (Å²) in [6, 6.07) is 12.2. The second kappa shape index (κ2) is 9.59. The lowest BCUT2D eigenvalue weighted by molar-refractivity contribution is -0.145. The fourth-order valence-corrected chi connectivity index (χ4v) is 3.73. The molecule has 4 rings (SSSR count). The Balaban J connectivity index is 1.58. The van der Waals surface area contributed by atoms with Crippen molar-refractivity contribution in [1.82, 2.24) is 19.7 Å². The topological polar surface area (TPSA) is 99.8 Å². The molecule has 7 heteroatoms. The van der Waals surface area contributed by atoms with E-state index in [1.54, 1.807) is 12.4 Å². The number of benzene rings is 2. The average Bonchev–Trinajstić information content (AvgIpc) is 3.31. The molecule has 0 aliphatic heterocycles. The number of imidazole rings is 1. The third-order valence-electron chi connectivity index (χ3n) is 6.19. The highest BCUT2D eigenvalue weighted by Crippen LogP contribution is 2.26. The molecule has 0 saturated heterocycles. The minimum absolute atomic E-state index is 0.335. The number of carbonyl (C=O) groups is 1.